The molecule has 2 aliphatic heterocycles. The van der Waals surface area contributed by atoms with Gasteiger partial charge >= 0.3 is 0 Å². The number of carbonyl (C=O) groups excluding carboxylic acids is 1. The second kappa shape index (κ2) is 9.86. The molecule has 31 heavy (non-hydrogen) atoms. The SMILES string of the molecule is CN=C(NCc1cccc(CN2CCCC2=O)c1)NC1CCN(c2ccc(C)cc2)C1. The number of nitrogens with one attached hydrogen (secondary N) is 2. The second-order valence-electron chi connectivity index (χ2n) is 8.58. The van der Waals surface area contributed by atoms with E-state index in [4.69, 9.17) is 0 Å². The number of aliphatic imine (C=N–C) groups is 1. The predicted molar refractivity (Wildman–Crippen MR) is 126 cm³/mol. The first-order valence-electron chi connectivity index (χ1n) is 11.2. The number of benzene rings is 2. The molecule has 0 saturated carbocycles. The number of anilines is 1. The summed E-state index contributed by atoms with van der Waals surface area (Å²) in [7, 11) is 1.82. The number of guanidine groups is 1. The molecule has 2 N–H and O–H groups in total. The maximum atomic E-state index is 11.9. The van der Waals surface area contributed by atoms with Crippen LogP contribution in [0.3, 0.4) is 0 Å². The molecule has 6 nitrogen and oxygen atoms in total. The molecular weight excluding hydrogens is 386 g/mol. The minimum atomic E-state index is 0.268. The van der Waals surface area contributed by atoms with Gasteiger partial charge in [-0.1, -0.05) is 42.0 Å². The molecular formula is C25H33N5O. The molecule has 2 fully saturated rings. The molecule has 2 aromatic carbocycles. The van der Waals surface area contributed by atoms with Crippen LogP contribution in [-0.4, -0.2) is 49.5 Å². The number of nitrogens with zero attached hydrogens (tertiary/aromatic N) is 3. The summed E-state index contributed by atoms with van der Waals surface area (Å²) < 4.78 is 0. The van der Waals surface area contributed by atoms with Gasteiger partial charge in [-0.3, -0.25) is 9.79 Å². The lowest BCUT2D eigenvalue weighted by molar-refractivity contribution is -0.128. The van der Waals surface area contributed by atoms with Gasteiger partial charge in [0.25, 0.3) is 0 Å². The highest BCUT2D eigenvalue weighted by atomic mass is 16.2. The molecule has 1 unspecified atom stereocenters. The van der Waals surface area contributed by atoms with Crippen molar-refractivity contribution in [3.8, 4) is 0 Å². The van der Waals surface area contributed by atoms with Crippen molar-refractivity contribution in [3.05, 3.63) is 65.2 Å². The summed E-state index contributed by atoms with van der Waals surface area (Å²) in [6.07, 6.45) is 2.75. The van der Waals surface area contributed by atoms with E-state index in [2.05, 4.69) is 76.0 Å². The van der Waals surface area contributed by atoms with Gasteiger partial charge in [-0.2, -0.15) is 0 Å². The standard InChI is InChI=1S/C25H33N5O/c1-19-8-10-23(11-9-19)29-14-12-22(18-29)28-25(26-2)27-16-20-5-3-6-21(15-20)17-30-13-4-7-24(30)31/h3,5-6,8-11,15,22H,4,7,12-14,16-18H2,1-2H3,(H2,26,27,28). The molecule has 0 spiro atoms. The number of aryl methyl sites for hydroxylation is 1. The Balaban J connectivity index is 1.27. The van der Waals surface area contributed by atoms with Crippen molar-refractivity contribution in [2.24, 2.45) is 4.99 Å². The summed E-state index contributed by atoms with van der Waals surface area (Å²) in [6.45, 7) is 6.43. The highest BCUT2D eigenvalue weighted by molar-refractivity contribution is 5.80. The Morgan fingerprint density at radius 3 is 2.68 bits per heavy atom. The highest BCUT2D eigenvalue weighted by Gasteiger charge is 2.23. The third kappa shape index (κ3) is 5.57. The minimum absolute atomic E-state index is 0.268. The van der Waals surface area contributed by atoms with E-state index in [9.17, 15) is 4.79 Å². The summed E-state index contributed by atoms with van der Waals surface area (Å²) in [5.41, 5.74) is 4.95. The zero-order valence-corrected chi connectivity index (χ0v) is 18.6. The Hall–Kier alpha value is -3.02. The van der Waals surface area contributed by atoms with Crippen molar-refractivity contribution in [1.29, 1.82) is 0 Å². The van der Waals surface area contributed by atoms with Crippen LogP contribution in [0.25, 0.3) is 0 Å². The highest BCUT2D eigenvalue weighted by Crippen LogP contribution is 2.21. The lowest BCUT2D eigenvalue weighted by atomic mass is 10.1. The quantitative estimate of drug-likeness (QED) is 0.558. The third-order valence-corrected chi connectivity index (χ3v) is 6.15. The molecule has 2 aromatic rings. The van der Waals surface area contributed by atoms with Gasteiger partial charge in [0.05, 0.1) is 0 Å². The average molecular weight is 420 g/mol. The van der Waals surface area contributed by atoms with Crippen LogP contribution in [0, 0.1) is 6.92 Å². The molecule has 6 heteroatoms. The van der Waals surface area contributed by atoms with Crippen LogP contribution in [0.15, 0.2) is 53.5 Å². The summed E-state index contributed by atoms with van der Waals surface area (Å²) in [4.78, 5) is 20.7. The Morgan fingerprint density at radius 2 is 1.94 bits per heavy atom. The van der Waals surface area contributed by atoms with E-state index in [1.165, 1.54) is 22.4 Å². The Kier molecular flexibility index (Phi) is 6.75. The number of likely N-dealkylation sites (tertiary alicyclic amines) is 1. The molecule has 2 saturated heterocycles. The lowest BCUT2D eigenvalue weighted by Crippen LogP contribution is -2.44. The molecule has 0 bridgehead atoms. The van der Waals surface area contributed by atoms with Crippen molar-refractivity contribution in [2.45, 2.75) is 45.3 Å². The van der Waals surface area contributed by atoms with Gasteiger partial charge in [0.2, 0.25) is 5.91 Å². The van der Waals surface area contributed by atoms with Gasteiger partial charge in [-0.05, 0) is 43.0 Å². The fraction of sp³-hybridized carbons (Fsp3) is 0.440. The first-order chi connectivity index (χ1) is 15.1. The van der Waals surface area contributed by atoms with E-state index in [1.807, 2.05) is 11.9 Å². The Bertz CT molecular complexity index is 924. The van der Waals surface area contributed by atoms with Crippen molar-refractivity contribution in [2.75, 3.05) is 31.6 Å². The van der Waals surface area contributed by atoms with Crippen molar-refractivity contribution < 1.29 is 4.79 Å². The Labute approximate surface area is 185 Å². The molecule has 0 aromatic heterocycles. The number of hydrogen-bond acceptors (Lipinski definition) is 3. The van der Waals surface area contributed by atoms with Crippen molar-refractivity contribution in [3.63, 3.8) is 0 Å². The molecule has 2 heterocycles. The van der Waals surface area contributed by atoms with Crippen LogP contribution in [0.1, 0.15) is 36.0 Å². The van der Waals surface area contributed by atoms with E-state index < -0.39 is 0 Å². The van der Waals surface area contributed by atoms with E-state index in [-0.39, 0.29) is 5.91 Å². The lowest BCUT2D eigenvalue weighted by Gasteiger charge is -2.21. The normalized spacial score (nSPS) is 19.2. The van der Waals surface area contributed by atoms with E-state index in [0.717, 1.165) is 38.4 Å². The van der Waals surface area contributed by atoms with Gasteiger partial charge in [-0.15, -0.1) is 0 Å². The number of hydrogen-bond donors (Lipinski definition) is 2. The largest absolute Gasteiger partial charge is 0.369 e. The fourth-order valence-electron chi connectivity index (χ4n) is 4.37. The zero-order chi connectivity index (χ0) is 21.6. The molecule has 0 radical (unpaired) electrons. The number of rotatable bonds is 6. The maximum Gasteiger partial charge on any atom is 0.222 e. The van der Waals surface area contributed by atoms with Crippen LogP contribution in [0.2, 0.25) is 0 Å². The molecule has 4 rings (SSSR count). The summed E-state index contributed by atoms with van der Waals surface area (Å²) in [6, 6.07) is 17.6. The summed E-state index contributed by atoms with van der Waals surface area (Å²) in [5.74, 6) is 1.10. The van der Waals surface area contributed by atoms with Crippen LogP contribution in [-0.2, 0) is 17.9 Å². The molecule has 1 amide bonds. The predicted octanol–water partition coefficient (Wildman–Crippen LogP) is 3.06. The van der Waals surface area contributed by atoms with Gasteiger partial charge in [0, 0.05) is 57.9 Å². The molecule has 2 aliphatic rings. The van der Waals surface area contributed by atoms with Crippen LogP contribution < -0.4 is 15.5 Å². The number of amides is 1. The first kappa shape index (κ1) is 21.2. The van der Waals surface area contributed by atoms with Crippen molar-refractivity contribution >= 4 is 17.6 Å². The fourth-order valence-corrected chi connectivity index (χ4v) is 4.37. The van der Waals surface area contributed by atoms with Crippen LogP contribution in [0.5, 0.6) is 0 Å². The average Bonchev–Trinajstić information content (AvgIpc) is 3.41. The van der Waals surface area contributed by atoms with E-state index in [1.54, 1.807) is 0 Å². The van der Waals surface area contributed by atoms with E-state index >= 15 is 0 Å². The maximum absolute atomic E-state index is 11.9. The number of carbonyl (C=O) groups is 1. The van der Waals surface area contributed by atoms with E-state index in [0.29, 0.717) is 25.6 Å². The Morgan fingerprint density at radius 1 is 1.13 bits per heavy atom. The first-order valence-corrected chi connectivity index (χ1v) is 11.2. The van der Waals surface area contributed by atoms with Gasteiger partial charge < -0.3 is 20.4 Å². The van der Waals surface area contributed by atoms with Crippen molar-refractivity contribution in [1.82, 2.24) is 15.5 Å². The minimum Gasteiger partial charge on any atom is -0.369 e. The smallest absolute Gasteiger partial charge is 0.222 e. The molecule has 164 valence electrons. The summed E-state index contributed by atoms with van der Waals surface area (Å²) in [5, 5.41) is 7.01. The zero-order valence-electron chi connectivity index (χ0n) is 18.6. The van der Waals surface area contributed by atoms with Crippen LogP contribution in [0.4, 0.5) is 5.69 Å². The van der Waals surface area contributed by atoms with Gasteiger partial charge in [-0.25, -0.2) is 0 Å². The van der Waals surface area contributed by atoms with Gasteiger partial charge in [0.1, 0.15) is 0 Å². The van der Waals surface area contributed by atoms with Crippen LogP contribution >= 0.6 is 0 Å². The monoisotopic (exact) mass is 419 g/mol. The molecule has 0 aliphatic carbocycles. The second-order valence-corrected chi connectivity index (χ2v) is 8.58. The van der Waals surface area contributed by atoms with Gasteiger partial charge in [0.15, 0.2) is 5.96 Å². The summed E-state index contributed by atoms with van der Waals surface area (Å²) >= 11 is 0. The third-order valence-electron chi connectivity index (χ3n) is 6.15. The topological polar surface area (TPSA) is 60.0 Å². The molecule has 1 atom stereocenters.